The van der Waals surface area contributed by atoms with Crippen LogP contribution in [-0.4, -0.2) is 41.9 Å². The molecule has 1 aliphatic carbocycles. The quantitative estimate of drug-likeness (QED) is 0.375. The summed E-state index contributed by atoms with van der Waals surface area (Å²) in [6, 6.07) is 0. The van der Waals surface area contributed by atoms with E-state index >= 15 is 0 Å². The Kier molecular flexibility index (Phi) is 7.16. The van der Waals surface area contributed by atoms with Crippen molar-refractivity contribution in [3.63, 3.8) is 0 Å². The van der Waals surface area contributed by atoms with E-state index in [9.17, 15) is 4.79 Å². The first kappa shape index (κ1) is 21.6. The summed E-state index contributed by atoms with van der Waals surface area (Å²) in [5, 5.41) is 4.39. The molecule has 0 unspecified atom stereocenters. The van der Waals surface area contributed by atoms with Gasteiger partial charge in [-0.15, -0.1) is 0 Å². The van der Waals surface area contributed by atoms with Gasteiger partial charge in [0, 0.05) is 18.7 Å². The summed E-state index contributed by atoms with van der Waals surface area (Å²) < 4.78 is 10.4. The van der Waals surface area contributed by atoms with Crippen LogP contribution >= 0.6 is 11.8 Å². The molecule has 1 aromatic heterocycles. The topological polar surface area (TPSA) is 85.7 Å². The van der Waals surface area contributed by atoms with Crippen molar-refractivity contribution in [3.05, 3.63) is 16.9 Å². The first-order valence-corrected chi connectivity index (χ1v) is 11.0. The lowest BCUT2D eigenvalue weighted by Gasteiger charge is -2.36. The van der Waals surface area contributed by atoms with Gasteiger partial charge in [-0.05, 0) is 38.0 Å². The average molecular weight is 419 g/mol. The van der Waals surface area contributed by atoms with Gasteiger partial charge in [0.05, 0.1) is 24.3 Å². The van der Waals surface area contributed by atoms with Crippen LogP contribution < -0.4 is 10.1 Å². The number of hydrogen-bond donors (Lipinski definition) is 1. The van der Waals surface area contributed by atoms with Crippen LogP contribution in [0.1, 0.15) is 59.3 Å². The second-order valence-electron chi connectivity index (χ2n) is 8.06. The number of ether oxygens (including phenoxy) is 2. The molecule has 0 radical (unpaired) electrons. The smallest absolute Gasteiger partial charge is 0.305 e. The molecule has 1 N–H and O–H groups in total. The molecule has 0 spiro atoms. The molecule has 3 rings (SSSR count). The Hall–Kier alpha value is -2.09. The molecule has 29 heavy (non-hydrogen) atoms. The van der Waals surface area contributed by atoms with Gasteiger partial charge in [-0.25, -0.2) is 4.98 Å². The number of aromatic nitrogens is 2. The highest BCUT2D eigenvalue weighted by atomic mass is 32.2. The van der Waals surface area contributed by atoms with Crippen LogP contribution in [0.25, 0.3) is 0 Å². The number of thioether (sulfide) groups is 1. The predicted octanol–water partition coefficient (Wildman–Crippen LogP) is 4.60. The van der Waals surface area contributed by atoms with E-state index in [1.54, 1.807) is 18.9 Å². The standard InChI is InChI=1S/C21H30N4O3S/c1-5-28-16(26)9-7-6-8-10-22-14-11-21(2,3)12-15-18(14)29-20-17(25-15)19(27-4)23-13-24-20/h13,25H,5-12H2,1-4H3. The molecule has 0 bridgehead atoms. The minimum absolute atomic E-state index is 0.108. The van der Waals surface area contributed by atoms with Crippen LogP contribution in [0.5, 0.6) is 5.88 Å². The fourth-order valence-corrected chi connectivity index (χ4v) is 4.66. The molecule has 0 amide bonds. The third-order valence-electron chi connectivity index (χ3n) is 4.93. The number of rotatable bonds is 8. The largest absolute Gasteiger partial charge is 0.479 e. The number of nitrogens with one attached hydrogen (secondary N) is 1. The Morgan fingerprint density at radius 3 is 2.86 bits per heavy atom. The molecule has 0 fully saturated rings. The molecule has 7 nitrogen and oxygen atoms in total. The van der Waals surface area contributed by atoms with E-state index < -0.39 is 0 Å². The molecule has 1 aromatic rings. The summed E-state index contributed by atoms with van der Waals surface area (Å²) in [7, 11) is 1.62. The number of nitrogens with zero attached hydrogens (tertiary/aromatic N) is 3. The zero-order valence-corrected chi connectivity index (χ0v) is 18.5. The molecule has 0 atom stereocenters. The van der Waals surface area contributed by atoms with Crippen LogP contribution in [0.15, 0.2) is 26.9 Å². The Morgan fingerprint density at radius 2 is 2.10 bits per heavy atom. The van der Waals surface area contributed by atoms with Gasteiger partial charge in [0.25, 0.3) is 0 Å². The van der Waals surface area contributed by atoms with E-state index in [4.69, 9.17) is 14.5 Å². The second kappa shape index (κ2) is 9.61. The molecule has 0 saturated carbocycles. The van der Waals surface area contributed by atoms with Crippen LogP contribution in [-0.2, 0) is 9.53 Å². The van der Waals surface area contributed by atoms with E-state index in [1.807, 2.05) is 6.92 Å². The van der Waals surface area contributed by atoms with Crippen molar-refractivity contribution in [2.75, 3.05) is 25.6 Å². The van der Waals surface area contributed by atoms with Crippen molar-refractivity contribution in [2.24, 2.45) is 10.4 Å². The Morgan fingerprint density at radius 1 is 1.28 bits per heavy atom. The number of aliphatic imine (C=N–C) groups is 1. The van der Waals surface area contributed by atoms with Crippen LogP contribution in [0.4, 0.5) is 5.69 Å². The van der Waals surface area contributed by atoms with Crippen LogP contribution in [0, 0.1) is 5.41 Å². The van der Waals surface area contributed by atoms with Gasteiger partial charge in [0.15, 0.2) is 0 Å². The number of methoxy groups -OCH3 is 1. The highest BCUT2D eigenvalue weighted by molar-refractivity contribution is 8.04. The number of fused-ring (bicyclic) bond motifs is 1. The fraction of sp³-hybridized carbons (Fsp3) is 0.619. The lowest BCUT2D eigenvalue weighted by atomic mass is 9.78. The summed E-state index contributed by atoms with van der Waals surface area (Å²) >= 11 is 1.65. The van der Waals surface area contributed by atoms with Gasteiger partial charge in [0.2, 0.25) is 5.88 Å². The van der Waals surface area contributed by atoms with E-state index in [1.165, 1.54) is 16.9 Å². The van der Waals surface area contributed by atoms with E-state index in [0.29, 0.717) is 18.9 Å². The minimum atomic E-state index is -0.108. The summed E-state index contributed by atoms with van der Waals surface area (Å²) in [6.45, 7) is 7.59. The summed E-state index contributed by atoms with van der Waals surface area (Å²) in [5.41, 5.74) is 3.29. The van der Waals surface area contributed by atoms with Crippen molar-refractivity contribution in [1.82, 2.24) is 9.97 Å². The summed E-state index contributed by atoms with van der Waals surface area (Å²) in [6.07, 6.45) is 6.71. The number of carbonyl (C=O) groups is 1. The minimum Gasteiger partial charge on any atom is -0.479 e. The number of unbranched alkanes of at least 4 members (excludes halogenated alkanes) is 2. The number of allylic oxidation sites excluding steroid dienone is 2. The predicted molar refractivity (Wildman–Crippen MR) is 116 cm³/mol. The van der Waals surface area contributed by atoms with E-state index in [-0.39, 0.29) is 11.4 Å². The lowest BCUT2D eigenvalue weighted by Crippen LogP contribution is -2.29. The van der Waals surface area contributed by atoms with Gasteiger partial charge >= 0.3 is 5.97 Å². The zero-order chi connectivity index (χ0) is 20.9. The SMILES string of the molecule is CCOC(=O)CCCCCN=C1CC(C)(C)CC2=C1Sc1ncnc(OC)c1N2. The molecule has 158 valence electrons. The molecule has 0 aromatic carbocycles. The molecule has 2 heterocycles. The molecule has 1 aliphatic heterocycles. The van der Waals surface area contributed by atoms with E-state index in [0.717, 1.165) is 55.1 Å². The lowest BCUT2D eigenvalue weighted by molar-refractivity contribution is -0.143. The average Bonchev–Trinajstić information content (AvgIpc) is 2.68. The van der Waals surface area contributed by atoms with Crippen molar-refractivity contribution in [3.8, 4) is 5.88 Å². The normalized spacial score (nSPS) is 18.7. The first-order valence-electron chi connectivity index (χ1n) is 10.2. The number of carbonyl (C=O) groups excluding carboxylic acids is 1. The van der Waals surface area contributed by atoms with Gasteiger partial charge < -0.3 is 14.8 Å². The van der Waals surface area contributed by atoms with Gasteiger partial charge in [0.1, 0.15) is 17.0 Å². The Balaban J connectivity index is 1.66. The number of hydrogen-bond acceptors (Lipinski definition) is 8. The van der Waals surface area contributed by atoms with Gasteiger partial charge in [-0.2, -0.15) is 4.98 Å². The van der Waals surface area contributed by atoms with Crippen LogP contribution in [0.3, 0.4) is 0 Å². The maximum absolute atomic E-state index is 11.4. The summed E-state index contributed by atoms with van der Waals surface area (Å²) in [5.74, 6) is 0.459. The maximum atomic E-state index is 11.4. The number of anilines is 1. The van der Waals surface area contributed by atoms with Crippen molar-refractivity contribution < 1.29 is 14.3 Å². The molecular formula is C21H30N4O3S. The molecular weight excluding hydrogens is 388 g/mol. The monoisotopic (exact) mass is 418 g/mol. The second-order valence-corrected chi connectivity index (χ2v) is 9.06. The zero-order valence-electron chi connectivity index (χ0n) is 17.7. The van der Waals surface area contributed by atoms with E-state index in [2.05, 4.69) is 29.1 Å². The number of esters is 1. The highest BCUT2D eigenvalue weighted by Crippen LogP contribution is 2.49. The Labute approximate surface area is 176 Å². The molecule has 0 saturated heterocycles. The Bertz CT molecular complexity index is 820. The highest BCUT2D eigenvalue weighted by Gasteiger charge is 2.36. The fourth-order valence-electron chi connectivity index (χ4n) is 3.62. The first-order chi connectivity index (χ1) is 13.9. The maximum Gasteiger partial charge on any atom is 0.305 e. The molecule has 8 heteroatoms. The van der Waals surface area contributed by atoms with Crippen LogP contribution in [0.2, 0.25) is 0 Å². The van der Waals surface area contributed by atoms with Crippen molar-refractivity contribution in [1.29, 1.82) is 0 Å². The van der Waals surface area contributed by atoms with Crippen molar-refractivity contribution in [2.45, 2.75) is 64.3 Å². The summed E-state index contributed by atoms with van der Waals surface area (Å²) in [4.78, 5) is 26.2. The van der Waals surface area contributed by atoms with Gasteiger partial charge in [-0.1, -0.05) is 32.0 Å². The van der Waals surface area contributed by atoms with Gasteiger partial charge in [-0.3, -0.25) is 9.79 Å². The third kappa shape index (κ3) is 5.50. The third-order valence-corrected chi connectivity index (χ3v) is 6.12. The van der Waals surface area contributed by atoms with Crippen molar-refractivity contribution >= 4 is 29.1 Å². The molecule has 2 aliphatic rings.